The summed E-state index contributed by atoms with van der Waals surface area (Å²) in [6.07, 6.45) is 5.79. The van der Waals surface area contributed by atoms with E-state index >= 15 is 0 Å². The first-order valence-electron chi connectivity index (χ1n) is 6.03. The van der Waals surface area contributed by atoms with Gasteiger partial charge >= 0.3 is 0 Å². The van der Waals surface area contributed by atoms with Gasteiger partial charge in [0.05, 0.1) is 0 Å². The SMILES string of the molecule is CC(C)(CNC(=O)CCN)C1CCCC1. The van der Waals surface area contributed by atoms with Crippen LogP contribution in [0.2, 0.25) is 0 Å². The zero-order chi connectivity index (χ0) is 11.3. The summed E-state index contributed by atoms with van der Waals surface area (Å²) in [6, 6.07) is 0. The molecular weight excluding hydrogens is 188 g/mol. The molecule has 3 nitrogen and oxygen atoms in total. The maximum Gasteiger partial charge on any atom is 0.221 e. The average Bonchev–Trinajstić information content (AvgIpc) is 2.69. The van der Waals surface area contributed by atoms with Crippen molar-refractivity contribution in [2.75, 3.05) is 13.1 Å². The fraction of sp³-hybridized carbons (Fsp3) is 0.917. The number of nitrogens with two attached hydrogens (primary N) is 1. The summed E-state index contributed by atoms with van der Waals surface area (Å²) in [5.41, 5.74) is 5.57. The number of amides is 1. The molecule has 1 fully saturated rings. The first kappa shape index (κ1) is 12.5. The van der Waals surface area contributed by atoms with Gasteiger partial charge in [-0.1, -0.05) is 26.7 Å². The van der Waals surface area contributed by atoms with Crippen LogP contribution in [0.5, 0.6) is 0 Å². The molecule has 0 atom stereocenters. The Morgan fingerprint density at radius 2 is 2.00 bits per heavy atom. The highest BCUT2D eigenvalue weighted by atomic mass is 16.1. The van der Waals surface area contributed by atoms with Crippen LogP contribution in [0.15, 0.2) is 0 Å². The van der Waals surface area contributed by atoms with E-state index in [1.807, 2.05) is 0 Å². The zero-order valence-corrected chi connectivity index (χ0v) is 10.0. The minimum Gasteiger partial charge on any atom is -0.356 e. The van der Waals surface area contributed by atoms with Gasteiger partial charge < -0.3 is 11.1 Å². The van der Waals surface area contributed by atoms with Crippen LogP contribution >= 0.6 is 0 Å². The number of carbonyl (C=O) groups is 1. The fourth-order valence-corrected chi connectivity index (χ4v) is 2.40. The van der Waals surface area contributed by atoms with Gasteiger partial charge in [0, 0.05) is 19.5 Å². The van der Waals surface area contributed by atoms with Gasteiger partial charge in [0.25, 0.3) is 0 Å². The third-order valence-electron chi connectivity index (χ3n) is 3.57. The lowest BCUT2D eigenvalue weighted by Crippen LogP contribution is -2.38. The lowest BCUT2D eigenvalue weighted by molar-refractivity contribution is -0.121. The van der Waals surface area contributed by atoms with E-state index in [0.717, 1.165) is 12.5 Å². The molecule has 1 saturated carbocycles. The minimum atomic E-state index is 0.0866. The third kappa shape index (κ3) is 3.82. The normalized spacial score (nSPS) is 18.1. The maximum atomic E-state index is 11.3. The molecule has 0 bridgehead atoms. The van der Waals surface area contributed by atoms with Gasteiger partial charge in [-0.2, -0.15) is 0 Å². The highest BCUT2D eigenvalue weighted by Gasteiger charge is 2.31. The Bertz CT molecular complexity index is 208. The Morgan fingerprint density at radius 3 is 2.53 bits per heavy atom. The van der Waals surface area contributed by atoms with E-state index in [1.165, 1.54) is 25.7 Å². The van der Waals surface area contributed by atoms with Crippen molar-refractivity contribution < 1.29 is 4.79 Å². The molecule has 0 spiro atoms. The average molecular weight is 212 g/mol. The van der Waals surface area contributed by atoms with E-state index in [4.69, 9.17) is 5.73 Å². The third-order valence-corrected chi connectivity index (χ3v) is 3.57. The second-order valence-corrected chi connectivity index (χ2v) is 5.29. The highest BCUT2D eigenvalue weighted by Crippen LogP contribution is 2.38. The molecule has 1 aliphatic carbocycles. The topological polar surface area (TPSA) is 55.1 Å². The highest BCUT2D eigenvalue weighted by molar-refractivity contribution is 5.76. The molecule has 1 rings (SSSR count). The van der Waals surface area contributed by atoms with Crippen LogP contribution in [0.3, 0.4) is 0 Å². The quantitative estimate of drug-likeness (QED) is 0.728. The molecular formula is C12H24N2O. The van der Waals surface area contributed by atoms with Gasteiger partial charge in [-0.25, -0.2) is 0 Å². The molecule has 0 aromatic rings. The first-order chi connectivity index (χ1) is 7.06. The number of hydrogen-bond acceptors (Lipinski definition) is 2. The lowest BCUT2D eigenvalue weighted by Gasteiger charge is -2.31. The van der Waals surface area contributed by atoms with Crippen molar-refractivity contribution in [3.63, 3.8) is 0 Å². The Morgan fingerprint density at radius 1 is 1.40 bits per heavy atom. The van der Waals surface area contributed by atoms with Crippen molar-refractivity contribution in [1.29, 1.82) is 0 Å². The Hall–Kier alpha value is -0.570. The molecule has 0 radical (unpaired) electrons. The van der Waals surface area contributed by atoms with Crippen LogP contribution in [0.25, 0.3) is 0 Å². The molecule has 0 aromatic heterocycles. The number of hydrogen-bond donors (Lipinski definition) is 2. The predicted octanol–water partition coefficient (Wildman–Crippen LogP) is 1.67. The van der Waals surface area contributed by atoms with Crippen molar-refractivity contribution in [2.24, 2.45) is 17.1 Å². The number of carbonyl (C=O) groups excluding carboxylic acids is 1. The molecule has 1 amide bonds. The summed E-state index contributed by atoms with van der Waals surface area (Å²) >= 11 is 0. The van der Waals surface area contributed by atoms with Gasteiger partial charge in [-0.15, -0.1) is 0 Å². The van der Waals surface area contributed by atoms with Gasteiger partial charge in [0.1, 0.15) is 0 Å². The molecule has 0 heterocycles. The van der Waals surface area contributed by atoms with E-state index in [2.05, 4.69) is 19.2 Å². The minimum absolute atomic E-state index is 0.0866. The molecule has 1 aliphatic rings. The smallest absolute Gasteiger partial charge is 0.221 e. The Kier molecular flexibility index (Phi) is 4.58. The van der Waals surface area contributed by atoms with Gasteiger partial charge in [0.15, 0.2) is 0 Å². The maximum absolute atomic E-state index is 11.3. The van der Waals surface area contributed by atoms with Crippen molar-refractivity contribution >= 4 is 5.91 Å². The van der Waals surface area contributed by atoms with Crippen LogP contribution in [0.1, 0.15) is 46.0 Å². The number of rotatable bonds is 5. The second kappa shape index (κ2) is 5.50. The summed E-state index contributed by atoms with van der Waals surface area (Å²) in [5.74, 6) is 0.860. The van der Waals surface area contributed by atoms with Crippen LogP contribution in [-0.4, -0.2) is 19.0 Å². The number of nitrogens with one attached hydrogen (secondary N) is 1. The summed E-state index contributed by atoms with van der Waals surface area (Å²) in [7, 11) is 0. The molecule has 0 saturated heterocycles. The Balaban J connectivity index is 2.31. The monoisotopic (exact) mass is 212 g/mol. The van der Waals surface area contributed by atoms with Crippen LogP contribution < -0.4 is 11.1 Å². The van der Waals surface area contributed by atoms with E-state index in [9.17, 15) is 4.79 Å². The second-order valence-electron chi connectivity index (χ2n) is 5.29. The van der Waals surface area contributed by atoms with Crippen molar-refractivity contribution in [1.82, 2.24) is 5.32 Å². The molecule has 0 unspecified atom stereocenters. The largest absolute Gasteiger partial charge is 0.356 e. The van der Waals surface area contributed by atoms with Gasteiger partial charge in [0.2, 0.25) is 5.91 Å². The van der Waals surface area contributed by atoms with E-state index in [0.29, 0.717) is 13.0 Å². The van der Waals surface area contributed by atoms with Crippen LogP contribution in [-0.2, 0) is 4.79 Å². The molecule has 0 aromatic carbocycles. The molecule has 3 heteroatoms. The molecule has 88 valence electrons. The van der Waals surface area contributed by atoms with Crippen molar-refractivity contribution in [2.45, 2.75) is 46.0 Å². The van der Waals surface area contributed by atoms with Crippen LogP contribution in [0, 0.1) is 11.3 Å². The lowest BCUT2D eigenvalue weighted by atomic mass is 9.78. The van der Waals surface area contributed by atoms with Gasteiger partial charge in [-0.05, 0) is 24.2 Å². The van der Waals surface area contributed by atoms with E-state index < -0.39 is 0 Å². The standard InChI is InChI=1S/C12H24N2O/c1-12(2,10-5-3-4-6-10)9-14-11(15)7-8-13/h10H,3-9,13H2,1-2H3,(H,14,15). The molecule has 3 N–H and O–H groups in total. The summed E-state index contributed by atoms with van der Waals surface area (Å²) in [6.45, 7) is 5.74. The summed E-state index contributed by atoms with van der Waals surface area (Å²) in [4.78, 5) is 11.3. The zero-order valence-electron chi connectivity index (χ0n) is 10.0. The summed E-state index contributed by atoms with van der Waals surface area (Å²) < 4.78 is 0. The molecule has 0 aliphatic heterocycles. The first-order valence-corrected chi connectivity index (χ1v) is 6.03. The predicted molar refractivity (Wildman–Crippen MR) is 62.4 cm³/mol. The molecule has 15 heavy (non-hydrogen) atoms. The Labute approximate surface area is 92.8 Å². The van der Waals surface area contributed by atoms with E-state index in [1.54, 1.807) is 0 Å². The van der Waals surface area contributed by atoms with Crippen LogP contribution in [0.4, 0.5) is 0 Å². The fourth-order valence-electron chi connectivity index (χ4n) is 2.40. The van der Waals surface area contributed by atoms with Gasteiger partial charge in [-0.3, -0.25) is 4.79 Å². The van der Waals surface area contributed by atoms with E-state index in [-0.39, 0.29) is 11.3 Å². The van der Waals surface area contributed by atoms with Crippen molar-refractivity contribution in [3.8, 4) is 0 Å². The summed E-state index contributed by atoms with van der Waals surface area (Å²) in [5, 5.41) is 2.98. The van der Waals surface area contributed by atoms with Crippen molar-refractivity contribution in [3.05, 3.63) is 0 Å².